The van der Waals surface area contributed by atoms with E-state index < -0.39 is 12.1 Å². The molecule has 0 aliphatic carbocycles. The molecule has 1 saturated heterocycles. The van der Waals surface area contributed by atoms with Gasteiger partial charge in [0.2, 0.25) is 5.91 Å². The van der Waals surface area contributed by atoms with Gasteiger partial charge in [0, 0.05) is 25.2 Å². The van der Waals surface area contributed by atoms with Crippen LogP contribution in [0.3, 0.4) is 0 Å². The van der Waals surface area contributed by atoms with Crippen molar-refractivity contribution in [2.75, 3.05) is 13.1 Å². The molecular formula is C24H29N3O5. The standard InChI is InChI=1S/C24H29N3O5/c1-18(28)26-17-22(31-21-7-3-2-4-8-21)16-23(29)32-27-15-5-6-20(24(27)30)10-9-19-11-13-25-14-12-19/h2-4,7-8,11-14,20,22H,5-6,9-10,15-17H2,1H3,(H,26,28)/t20?,22-/m0/s1. The summed E-state index contributed by atoms with van der Waals surface area (Å²) in [5.41, 5.74) is 1.13. The lowest BCUT2D eigenvalue weighted by molar-refractivity contribution is -0.206. The summed E-state index contributed by atoms with van der Waals surface area (Å²) in [5, 5.41) is 3.85. The van der Waals surface area contributed by atoms with Gasteiger partial charge in [0.1, 0.15) is 11.9 Å². The Morgan fingerprint density at radius 3 is 2.66 bits per heavy atom. The van der Waals surface area contributed by atoms with Crippen LogP contribution in [0, 0.1) is 5.92 Å². The number of aryl methyl sites for hydroxylation is 1. The summed E-state index contributed by atoms with van der Waals surface area (Å²) in [4.78, 5) is 46.1. The molecule has 0 saturated carbocycles. The summed E-state index contributed by atoms with van der Waals surface area (Å²) in [6.45, 7) is 1.93. The zero-order valence-corrected chi connectivity index (χ0v) is 18.2. The number of pyridine rings is 1. The maximum absolute atomic E-state index is 12.8. The largest absolute Gasteiger partial charge is 0.488 e. The molecule has 1 aromatic carbocycles. The molecule has 2 heterocycles. The van der Waals surface area contributed by atoms with E-state index in [0.29, 0.717) is 18.7 Å². The molecule has 3 rings (SSSR count). The fraction of sp³-hybridized carbons (Fsp3) is 0.417. The second kappa shape index (κ2) is 11.8. The van der Waals surface area contributed by atoms with E-state index in [1.54, 1.807) is 24.5 Å². The minimum Gasteiger partial charge on any atom is -0.488 e. The van der Waals surface area contributed by atoms with Crippen molar-refractivity contribution < 1.29 is 24.0 Å². The summed E-state index contributed by atoms with van der Waals surface area (Å²) < 4.78 is 5.84. The van der Waals surface area contributed by atoms with E-state index in [9.17, 15) is 14.4 Å². The van der Waals surface area contributed by atoms with E-state index in [1.807, 2.05) is 30.3 Å². The van der Waals surface area contributed by atoms with Crippen LogP contribution >= 0.6 is 0 Å². The zero-order valence-electron chi connectivity index (χ0n) is 18.2. The maximum atomic E-state index is 12.8. The molecule has 1 fully saturated rings. The number of hydrogen-bond donors (Lipinski definition) is 1. The second-order valence-electron chi connectivity index (χ2n) is 7.83. The Hall–Kier alpha value is -3.42. The molecule has 1 N–H and O–H groups in total. The topological polar surface area (TPSA) is 97.8 Å². The number of hydrogen-bond acceptors (Lipinski definition) is 6. The molecule has 2 aromatic rings. The second-order valence-corrected chi connectivity index (χ2v) is 7.83. The first-order chi connectivity index (χ1) is 15.5. The van der Waals surface area contributed by atoms with E-state index in [4.69, 9.17) is 9.57 Å². The van der Waals surface area contributed by atoms with Gasteiger partial charge in [0.25, 0.3) is 5.91 Å². The van der Waals surface area contributed by atoms with Gasteiger partial charge in [-0.05, 0) is 55.5 Å². The predicted molar refractivity (Wildman–Crippen MR) is 117 cm³/mol. The zero-order chi connectivity index (χ0) is 22.8. The molecule has 8 heteroatoms. The number of hydroxylamine groups is 2. The first kappa shape index (κ1) is 23.2. The van der Waals surface area contributed by atoms with Crippen LogP contribution < -0.4 is 10.1 Å². The fourth-order valence-electron chi connectivity index (χ4n) is 3.62. The van der Waals surface area contributed by atoms with Gasteiger partial charge in [-0.3, -0.25) is 14.6 Å². The average Bonchev–Trinajstić information content (AvgIpc) is 2.79. The van der Waals surface area contributed by atoms with Crippen molar-refractivity contribution in [3.63, 3.8) is 0 Å². The Morgan fingerprint density at radius 1 is 1.19 bits per heavy atom. The summed E-state index contributed by atoms with van der Waals surface area (Å²) in [6, 6.07) is 12.9. The molecule has 0 spiro atoms. The minimum absolute atomic E-state index is 0.0966. The number of amides is 2. The van der Waals surface area contributed by atoms with Crippen molar-refractivity contribution in [1.82, 2.24) is 15.4 Å². The molecular weight excluding hydrogens is 410 g/mol. The number of piperidine rings is 1. The molecule has 0 bridgehead atoms. The summed E-state index contributed by atoms with van der Waals surface area (Å²) >= 11 is 0. The third-order valence-electron chi connectivity index (χ3n) is 5.27. The van der Waals surface area contributed by atoms with Crippen molar-refractivity contribution in [3.05, 3.63) is 60.4 Å². The van der Waals surface area contributed by atoms with Gasteiger partial charge in [-0.2, -0.15) is 5.06 Å². The van der Waals surface area contributed by atoms with Gasteiger partial charge in [-0.1, -0.05) is 18.2 Å². The number of rotatable bonds is 10. The van der Waals surface area contributed by atoms with Crippen molar-refractivity contribution in [3.8, 4) is 5.75 Å². The number of benzene rings is 1. The number of nitrogens with zero attached hydrogens (tertiary/aromatic N) is 2. The highest BCUT2D eigenvalue weighted by molar-refractivity contribution is 5.81. The molecule has 0 radical (unpaired) electrons. The van der Waals surface area contributed by atoms with E-state index in [1.165, 1.54) is 12.0 Å². The quantitative estimate of drug-likeness (QED) is 0.611. The van der Waals surface area contributed by atoms with Crippen LogP contribution in [0.2, 0.25) is 0 Å². The monoisotopic (exact) mass is 439 g/mol. The Morgan fingerprint density at radius 2 is 1.94 bits per heavy atom. The highest BCUT2D eigenvalue weighted by Crippen LogP contribution is 2.23. The van der Waals surface area contributed by atoms with Crippen LogP contribution in [0.1, 0.15) is 38.2 Å². The highest BCUT2D eigenvalue weighted by atomic mass is 16.7. The molecule has 8 nitrogen and oxygen atoms in total. The smallest absolute Gasteiger partial charge is 0.336 e. The van der Waals surface area contributed by atoms with Gasteiger partial charge >= 0.3 is 5.97 Å². The molecule has 1 aromatic heterocycles. The van der Waals surface area contributed by atoms with Crippen LogP contribution in [0.4, 0.5) is 0 Å². The van der Waals surface area contributed by atoms with E-state index in [-0.39, 0.29) is 30.7 Å². The number of para-hydroxylation sites is 1. The molecule has 1 aliphatic rings. The Kier molecular flexibility index (Phi) is 8.60. The molecule has 170 valence electrons. The predicted octanol–water partition coefficient (Wildman–Crippen LogP) is 2.68. The molecule has 2 amide bonds. The van der Waals surface area contributed by atoms with Crippen LogP contribution in [-0.4, -0.2) is 47.0 Å². The lowest BCUT2D eigenvalue weighted by Gasteiger charge is -2.31. The Bertz CT molecular complexity index is 891. The third-order valence-corrected chi connectivity index (χ3v) is 5.27. The van der Waals surface area contributed by atoms with Crippen molar-refractivity contribution in [1.29, 1.82) is 0 Å². The molecule has 1 unspecified atom stereocenters. The number of aromatic nitrogens is 1. The van der Waals surface area contributed by atoms with Crippen LogP contribution in [0.25, 0.3) is 0 Å². The van der Waals surface area contributed by atoms with Crippen LogP contribution in [0.5, 0.6) is 5.75 Å². The normalized spacial score (nSPS) is 16.8. The number of ether oxygens (including phenoxy) is 1. The Balaban J connectivity index is 1.53. The van der Waals surface area contributed by atoms with Crippen LogP contribution in [-0.2, 0) is 25.6 Å². The Labute approximate surface area is 187 Å². The summed E-state index contributed by atoms with van der Waals surface area (Å²) in [5.74, 6) is -0.551. The van der Waals surface area contributed by atoms with Crippen molar-refractivity contribution in [2.45, 2.75) is 45.1 Å². The molecule has 32 heavy (non-hydrogen) atoms. The first-order valence-corrected chi connectivity index (χ1v) is 10.9. The number of carbonyl (C=O) groups is 3. The van der Waals surface area contributed by atoms with Crippen molar-refractivity contribution in [2.24, 2.45) is 5.92 Å². The van der Waals surface area contributed by atoms with E-state index in [0.717, 1.165) is 24.8 Å². The number of carbonyl (C=O) groups excluding carboxylic acids is 3. The SMILES string of the molecule is CC(=O)NC[C@H](CC(=O)ON1CCCC(CCc2ccncc2)C1=O)Oc1ccccc1. The molecule has 1 aliphatic heterocycles. The lowest BCUT2D eigenvalue weighted by Crippen LogP contribution is -2.44. The van der Waals surface area contributed by atoms with Gasteiger partial charge in [0.05, 0.1) is 19.5 Å². The third kappa shape index (κ3) is 7.37. The average molecular weight is 440 g/mol. The van der Waals surface area contributed by atoms with E-state index >= 15 is 0 Å². The first-order valence-electron chi connectivity index (χ1n) is 10.9. The molecule has 2 atom stereocenters. The van der Waals surface area contributed by atoms with Gasteiger partial charge in [0.15, 0.2) is 0 Å². The lowest BCUT2D eigenvalue weighted by atomic mass is 9.92. The maximum Gasteiger partial charge on any atom is 0.336 e. The van der Waals surface area contributed by atoms with Crippen LogP contribution in [0.15, 0.2) is 54.9 Å². The van der Waals surface area contributed by atoms with Crippen molar-refractivity contribution >= 4 is 17.8 Å². The van der Waals surface area contributed by atoms with Gasteiger partial charge in [-0.15, -0.1) is 0 Å². The van der Waals surface area contributed by atoms with Gasteiger partial charge < -0.3 is 14.9 Å². The summed E-state index contributed by atoms with van der Waals surface area (Å²) in [6.07, 6.45) is 5.78. The minimum atomic E-state index is -0.615. The highest BCUT2D eigenvalue weighted by Gasteiger charge is 2.32. The fourth-order valence-corrected chi connectivity index (χ4v) is 3.62. The van der Waals surface area contributed by atoms with Gasteiger partial charge in [-0.25, -0.2) is 4.79 Å². The number of nitrogens with one attached hydrogen (secondary N) is 1. The van der Waals surface area contributed by atoms with E-state index in [2.05, 4.69) is 10.3 Å². The summed E-state index contributed by atoms with van der Waals surface area (Å²) in [7, 11) is 0.